The summed E-state index contributed by atoms with van der Waals surface area (Å²) in [6, 6.07) is 1.30. The molecule has 1 aromatic rings. The Morgan fingerprint density at radius 1 is 1.39 bits per heavy atom. The molecule has 7 nitrogen and oxygen atoms in total. The number of carbonyl (C=O) groups is 3. The number of halogens is 1. The topological polar surface area (TPSA) is 105 Å². The molecular weight excluding hydrogens is 260 g/mol. The molecule has 0 aromatic carbocycles. The Morgan fingerprint density at radius 3 is 2.61 bits per heavy atom. The molecule has 1 saturated heterocycles. The van der Waals surface area contributed by atoms with Crippen LogP contribution in [0.4, 0.5) is 5.69 Å². The second-order valence-electron chi connectivity index (χ2n) is 3.73. The van der Waals surface area contributed by atoms with Crippen molar-refractivity contribution in [3.8, 4) is 0 Å². The van der Waals surface area contributed by atoms with Gasteiger partial charge in [0.1, 0.15) is 18.2 Å². The lowest BCUT2D eigenvalue weighted by Gasteiger charge is -2.25. The number of nitrogen functional groups attached to an aromatic ring is 1. The van der Waals surface area contributed by atoms with Gasteiger partial charge < -0.3 is 10.6 Å². The van der Waals surface area contributed by atoms with Crippen LogP contribution in [0.25, 0.3) is 0 Å². The van der Waals surface area contributed by atoms with Gasteiger partial charge in [-0.15, -0.1) is 0 Å². The van der Waals surface area contributed by atoms with Crippen molar-refractivity contribution in [2.24, 2.45) is 0 Å². The Balaban J connectivity index is 2.28. The quantitative estimate of drug-likeness (QED) is 0.523. The summed E-state index contributed by atoms with van der Waals surface area (Å²) in [5.41, 5.74) is 5.88. The van der Waals surface area contributed by atoms with E-state index >= 15 is 0 Å². The molecule has 18 heavy (non-hydrogen) atoms. The number of nitrogens with one attached hydrogen (secondary N) is 1. The van der Waals surface area contributed by atoms with Crippen LogP contribution in [0.15, 0.2) is 12.3 Å². The molecule has 0 atom stereocenters. The minimum atomic E-state index is -0.529. The second kappa shape index (κ2) is 4.61. The van der Waals surface area contributed by atoms with Crippen LogP contribution < -0.4 is 11.1 Å². The average molecular weight is 269 g/mol. The first-order valence-electron chi connectivity index (χ1n) is 5.00. The smallest absolute Gasteiger partial charge is 0.257 e. The molecule has 0 saturated carbocycles. The molecule has 94 valence electrons. The number of anilines is 1. The summed E-state index contributed by atoms with van der Waals surface area (Å²) in [6.07, 6.45) is 1.25. The largest absolute Gasteiger partial charge is 0.397 e. The summed E-state index contributed by atoms with van der Waals surface area (Å²) >= 11 is 5.67. The zero-order valence-corrected chi connectivity index (χ0v) is 9.90. The van der Waals surface area contributed by atoms with Crippen LogP contribution >= 0.6 is 11.6 Å². The minimum Gasteiger partial charge on any atom is -0.397 e. The first-order chi connectivity index (χ1) is 8.47. The predicted octanol–water partition coefficient (Wildman–Crippen LogP) is -0.584. The number of carbonyl (C=O) groups excluding carboxylic acids is 3. The number of hydrogen-bond acceptors (Lipinski definition) is 5. The van der Waals surface area contributed by atoms with Crippen molar-refractivity contribution in [2.45, 2.75) is 0 Å². The molecule has 2 rings (SSSR count). The molecule has 1 fully saturated rings. The molecule has 1 aromatic heterocycles. The van der Waals surface area contributed by atoms with Crippen LogP contribution in [0.1, 0.15) is 10.4 Å². The molecule has 2 heterocycles. The van der Waals surface area contributed by atoms with Crippen LogP contribution in [-0.2, 0) is 9.59 Å². The van der Waals surface area contributed by atoms with Gasteiger partial charge in [-0.2, -0.15) is 0 Å². The van der Waals surface area contributed by atoms with Crippen molar-refractivity contribution in [1.29, 1.82) is 0 Å². The number of hydrogen-bond donors (Lipinski definition) is 2. The van der Waals surface area contributed by atoms with Crippen LogP contribution in [0, 0.1) is 0 Å². The summed E-state index contributed by atoms with van der Waals surface area (Å²) in [6.45, 7) is -0.381. The Hall–Kier alpha value is -2.15. The molecular formula is C10H9ClN4O3. The summed E-state index contributed by atoms with van der Waals surface area (Å²) < 4.78 is 0. The van der Waals surface area contributed by atoms with E-state index < -0.39 is 17.7 Å². The summed E-state index contributed by atoms with van der Waals surface area (Å²) in [7, 11) is 0. The van der Waals surface area contributed by atoms with Crippen LogP contribution in [0.5, 0.6) is 0 Å². The van der Waals surface area contributed by atoms with Gasteiger partial charge in [0.2, 0.25) is 11.8 Å². The van der Waals surface area contributed by atoms with E-state index in [1.54, 1.807) is 0 Å². The molecule has 3 amide bonds. The van der Waals surface area contributed by atoms with Crippen molar-refractivity contribution in [2.75, 3.05) is 18.8 Å². The fourth-order valence-electron chi connectivity index (χ4n) is 1.58. The first kappa shape index (κ1) is 12.3. The van der Waals surface area contributed by atoms with E-state index in [0.29, 0.717) is 0 Å². The van der Waals surface area contributed by atoms with E-state index in [4.69, 9.17) is 17.3 Å². The van der Waals surface area contributed by atoms with Gasteiger partial charge in [0.25, 0.3) is 5.91 Å². The molecule has 0 aliphatic carbocycles. The fraction of sp³-hybridized carbons (Fsp3) is 0.200. The highest BCUT2D eigenvalue weighted by atomic mass is 35.5. The van der Waals surface area contributed by atoms with Crippen LogP contribution in [0.3, 0.4) is 0 Å². The zero-order chi connectivity index (χ0) is 13.3. The van der Waals surface area contributed by atoms with E-state index in [0.717, 1.165) is 4.90 Å². The van der Waals surface area contributed by atoms with Gasteiger partial charge in [0.05, 0.1) is 17.4 Å². The van der Waals surface area contributed by atoms with Crippen LogP contribution in [0.2, 0.25) is 5.15 Å². The van der Waals surface area contributed by atoms with E-state index in [2.05, 4.69) is 10.3 Å². The summed E-state index contributed by atoms with van der Waals surface area (Å²) in [5, 5.41) is 2.21. The lowest BCUT2D eigenvalue weighted by molar-refractivity contribution is -0.135. The minimum absolute atomic E-state index is 0.111. The Kier molecular flexibility index (Phi) is 3.15. The highest BCUT2D eigenvalue weighted by Crippen LogP contribution is 2.17. The van der Waals surface area contributed by atoms with E-state index in [1.807, 2.05) is 0 Å². The highest BCUT2D eigenvalue weighted by molar-refractivity contribution is 6.30. The van der Waals surface area contributed by atoms with Crippen LogP contribution in [-0.4, -0.2) is 40.7 Å². The van der Waals surface area contributed by atoms with Gasteiger partial charge in [-0.25, -0.2) is 4.98 Å². The maximum atomic E-state index is 12.1. The third-order valence-corrected chi connectivity index (χ3v) is 2.57. The maximum Gasteiger partial charge on any atom is 0.257 e. The third-order valence-electron chi connectivity index (χ3n) is 2.37. The van der Waals surface area contributed by atoms with Gasteiger partial charge in [-0.3, -0.25) is 19.7 Å². The van der Waals surface area contributed by atoms with E-state index in [-0.39, 0.29) is 29.5 Å². The van der Waals surface area contributed by atoms with E-state index in [1.165, 1.54) is 12.3 Å². The normalized spacial score (nSPS) is 15.5. The number of rotatable bonds is 1. The Bertz CT molecular complexity index is 530. The summed E-state index contributed by atoms with van der Waals surface area (Å²) in [5.74, 6) is -1.59. The second-order valence-corrected chi connectivity index (χ2v) is 4.11. The highest BCUT2D eigenvalue weighted by Gasteiger charge is 2.28. The third kappa shape index (κ3) is 2.40. The Morgan fingerprint density at radius 2 is 2.00 bits per heavy atom. The summed E-state index contributed by atoms with van der Waals surface area (Å²) in [4.78, 5) is 39.3. The molecule has 0 spiro atoms. The SMILES string of the molecule is Nc1cnc(Cl)cc1C(=O)N1CC(=O)NC(=O)C1. The van der Waals surface area contributed by atoms with Gasteiger partial charge in [-0.05, 0) is 6.07 Å². The zero-order valence-electron chi connectivity index (χ0n) is 9.14. The molecule has 1 aliphatic rings. The number of aromatic nitrogens is 1. The standard InChI is InChI=1S/C10H9ClN4O3/c11-7-1-5(6(12)2-13-7)10(18)15-3-8(16)14-9(17)4-15/h1-2H,3-4,12H2,(H,14,16,17). The lowest BCUT2D eigenvalue weighted by Crippen LogP contribution is -2.53. The first-order valence-corrected chi connectivity index (χ1v) is 5.38. The average Bonchev–Trinajstić information content (AvgIpc) is 2.30. The number of amides is 3. The predicted molar refractivity (Wildman–Crippen MR) is 62.7 cm³/mol. The number of nitrogens with two attached hydrogens (primary N) is 1. The number of imide groups is 1. The monoisotopic (exact) mass is 268 g/mol. The van der Waals surface area contributed by atoms with Crippen molar-refractivity contribution >= 4 is 35.0 Å². The van der Waals surface area contributed by atoms with Gasteiger partial charge >= 0.3 is 0 Å². The van der Waals surface area contributed by atoms with Crippen molar-refractivity contribution in [3.63, 3.8) is 0 Å². The fourth-order valence-corrected chi connectivity index (χ4v) is 1.73. The van der Waals surface area contributed by atoms with Crippen molar-refractivity contribution in [1.82, 2.24) is 15.2 Å². The van der Waals surface area contributed by atoms with Gasteiger partial charge in [0.15, 0.2) is 0 Å². The van der Waals surface area contributed by atoms with Crippen molar-refractivity contribution in [3.05, 3.63) is 23.0 Å². The number of pyridine rings is 1. The number of piperazine rings is 1. The maximum absolute atomic E-state index is 12.1. The molecule has 0 bridgehead atoms. The van der Waals surface area contributed by atoms with Gasteiger partial charge in [0, 0.05) is 0 Å². The van der Waals surface area contributed by atoms with E-state index in [9.17, 15) is 14.4 Å². The molecule has 8 heteroatoms. The van der Waals surface area contributed by atoms with Gasteiger partial charge in [-0.1, -0.05) is 11.6 Å². The Labute approximate surface area is 107 Å². The lowest BCUT2D eigenvalue weighted by atomic mass is 10.2. The molecule has 3 N–H and O–H groups in total. The molecule has 0 radical (unpaired) electrons. The number of nitrogens with zero attached hydrogens (tertiary/aromatic N) is 2. The van der Waals surface area contributed by atoms with Crippen molar-refractivity contribution < 1.29 is 14.4 Å². The molecule has 0 unspecified atom stereocenters. The molecule has 1 aliphatic heterocycles.